The van der Waals surface area contributed by atoms with Gasteiger partial charge in [0.2, 0.25) is 11.7 Å². The fourth-order valence-electron chi connectivity index (χ4n) is 1.65. The predicted octanol–water partition coefficient (Wildman–Crippen LogP) is 2.49. The average molecular weight is 301 g/mol. The van der Waals surface area contributed by atoms with Gasteiger partial charge in [-0.15, -0.1) is 0 Å². The van der Waals surface area contributed by atoms with E-state index in [1.54, 1.807) is 7.11 Å². The van der Waals surface area contributed by atoms with Crippen molar-refractivity contribution >= 4 is 0 Å². The zero-order chi connectivity index (χ0) is 15.3. The molecule has 0 radical (unpaired) electrons. The Balaban J connectivity index is 2.07. The predicted molar refractivity (Wildman–Crippen MR) is 68.3 cm³/mol. The minimum absolute atomic E-state index is 0.129. The van der Waals surface area contributed by atoms with Gasteiger partial charge in [0, 0.05) is 19.2 Å². The van der Waals surface area contributed by atoms with Crippen molar-refractivity contribution in [1.29, 1.82) is 0 Å². The lowest BCUT2D eigenvalue weighted by atomic mass is 10.1. The standard InChI is InChI=1S/C13H14F3N3O2/c1-20-6-5-17-8-11-18-12(19-21-11)9-3-2-4-10(7-9)13(14,15)16/h2-4,7,17H,5-6,8H2,1H3. The summed E-state index contributed by atoms with van der Waals surface area (Å²) >= 11 is 0. The molecule has 0 amide bonds. The quantitative estimate of drug-likeness (QED) is 0.831. The van der Waals surface area contributed by atoms with Gasteiger partial charge >= 0.3 is 6.18 Å². The monoisotopic (exact) mass is 301 g/mol. The van der Waals surface area contributed by atoms with Gasteiger partial charge in [0.05, 0.1) is 18.7 Å². The van der Waals surface area contributed by atoms with E-state index in [1.165, 1.54) is 12.1 Å². The number of hydrogen-bond donors (Lipinski definition) is 1. The number of benzene rings is 1. The van der Waals surface area contributed by atoms with Crippen LogP contribution in [-0.2, 0) is 17.5 Å². The summed E-state index contributed by atoms with van der Waals surface area (Å²) in [4.78, 5) is 4.05. The van der Waals surface area contributed by atoms with Crippen LogP contribution in [0.2, 0.25) is 0 Å². The molecule has 0 aliphatic carbocycles. The molecule has 1 aromatic heterocycles. The molecule has 1 N–H and O–H groups in total. The maximum Gasteiger partial charge on any atom is 0.416 e. The summed E-state index contributed by atoms with van der Waals surface area (Å²) in [5, 5.41) is 6.69. The van der Waals surface area contributed by atoms with Crippen LogP contribution in [0.25, 0.3) is 11.4 Å². The fraction of sp³-hybridized carbons (Fsp3) is 0.385. The van der Waals surface area contributed by atoms with E-state index in [2.05, 4.69) is 15.5 Å². The first-order valence-electron chi connectivity index (χ1n) is 6.20. The zero-order valence-electron chi connectivity index (χ0n) is 11.3. The van der Waals surface area contributed by atoms with Crippen molar-refractivity contribution in [3.63, 3.8) is 0 Å². The highest BCUT2D eigenvalue weighted by molar-refractivity contribution is 5.55. The van der Waals surface area contributed by atoms with Crippen LogP contribution >= 0.6 is 0 Å². The average Bonchev–Trinajstić information content (AvgIpc) is 2.92. The van der Waals surface area contributed by atoms with Crippen LogP contribution in [0.1, 0.15) is 11.5 Å². The molecule has 1 aromatic carbocycles. The summed E-state index contributed by atoms with van der Waals surface area (Å²) in [6.07, 6.45) is -4.40. The van der Waals surface area contributed by atoms with Gasteiger partial charge < -0.3 is 14.6 Å². The van der Waals surface area contributed by atoms with E-state index in [0.29, 0.717) is 25.6 Å². The third-order valence-electron chi connectivity index (χ3n) is 2.68. The largest absolute Gasteiger partial charge is 0.416 e. The minimum Gasteiger partial charge on any atom is -0.383 e. The Morgan fingerprint density at radius 2 is 2.14 bits per heavy atom. The van der Waals surface area contributed by atoms with Crippen LogP contribution in [0.15, 0.2) is 28.8 Å². The molecule has 0 saturated carbocycles. The maximum atomic E-state index is 12.6. The molecule has 114 valence electrons. The lowest BCUT2D eigenvalue weighted by Gasteiger charge is -2.06. The second-order valence-electron chi connectivity index (χ2n) is 4.26. The number of hydrogen-bond acceptors (Lipinski definition) is 5. The van der Waals surface area contributed by atoms with Crippen LogP contribution in [-0.4, -0.2) is 30.4 Å². The van der Waals surface area contributed by atoms with Crippen molar-refractivity contribution in [3.05, 3.63) is 35.7 Å². The molecule has 0 aliphatic heterocycles. The van der Waals surface area contributed by atoms with Gasteiger partial charge in [0.15, 0.2) is 0 Å². The van der Waals surface area contributed by atoms with Gasteiger partial charge in [0.25, 0.3) is 0 Å². The van der Waals surface area contributed by atoms with Crippen LogP contribution < -0.4 is 5.32 Å². The van der Waals surface area contributed by atoms with Gasteiger partial charge in [-0.25, -0.2) is 0 Å². The molecule has 0 saturated heterocycles. The van der Waals surface area contributed by atoms with Gasteiger partial charge in [-0.05, 0) is 12.1 Å². The second-order valence-corrected chi connectivity index (χ2v) is 4.26. The Morgan fingerprint density at radius 1 is 1.33 bits per heavy atom. The highest BCUT2D eigenvalue weighted by atomic mass is 19.4. The molecule has 0 bridgehead atoms. The van der Waals surface area contributed by atoms with Gasteiger partial charge in [-0.1, -0.05) is 17.3 Å². The SMILES string of the molecule is COCCNCc1nc(-c2cccc(C(F)(F)F)c2)no1. The molecule has 1 heterocycles. The van der Waals surface area contributed by atoms with Crippen LogP contribution in [0.4, 0.5) is 13.2 Å². The summed E-state index contributed by atoms with van der Waals surface area (Å²) in [6.45, 7) is 1.47. The van der Waals surface area contributed by atoms with Crippen molar-refractivity contribution in [2.24, 2.45) is 0 Å². The first-order chi connectivity index (χ1) is 10.0. The molecule has 2 aromatic rings. The molecule has 0 spiro atoms. The summed E-state index contributed by atoms with van der Waals surface area (Å²) in [7, 11) is 1.58. The van der Waals surface area contributed by atoms with Crippen molar-refractivity contribution in [1.82, 2.24) is 15.5 Å². The van der Waals surface area contributed by atoms with Crippen LogP contribution in [0.3, 0.4) is 0 Å². The molecule has 8 heteroatoms. The van der Waals surface area contributed by atoms with Gasteiger partial charge in [-0.2, -0.15) is 18.2 Å². The van der Waals surface area contributed by atoms with E-state index in [1.807, 2.05) is 0 Å². The summed E-state index contributed by atoms with van der Waals surface area (Å²) in [5.74, 6) is 0.433. The Labute approximate surface area is 119 Å². The maximum absolute atomic E-state index is 12.6. The molecule has 0 aliphatic rings. The van der Waals surface area contributed by atoms with Crippen LogP contribution in [0.5, 0.6) is 0 Å². The van der Waals surface area contributed by atoms with E-state index in [9.17, 15) is 13.2 Å². The van der Waals surface area contributed by atoms with E-state index >= 15 is 0 Å². The Hall–Kier alpha value is -1.93. The Kier molecular flexibility index (Phi) is 4.92. The van der Waals surface area contributed by atoms with E-state index in [4.69, 9.17) is 9.26 Å². The Morgan fingerprint density at radius 3 is 2.86 bits per heavy atom. The van der Waals surface area contributed by atoms with Crippen molar-refractivity contribution in [2.45, 2.75) is 12.7 Å². The van der Waals surface area contributed by atoms with Gasteiger partial charge in [0.1, 0.15) is 0 Å². The fourth-order valence-corrected chi connectivity index (χ4v) is 1.65. The first kappa shape index (κ1) is 15.5. The third-order valence-corrected chi connectivity index (χ3v) is 2.68. The number of alkyl halides is 3. The highest BCUT2D eigenvalue weighted by Gasteiger charge is 2.30. The lowest BCUT2D eigenvalue weighted by Crippen LogP contribution is -2.18. The molecular formula is C13H14F3N3O2. The van der Waals surface area contributed by atoms with Gasteiger partial charge in [-0.3, -0.25) is 0 Å². The third kappa shape index (κ3) is 4.27. The molecule has 21 heavy (non-hydrogen) atoms. The molecular weight excluding hydrogens is 287 g/mol. The molecule has 2 rings (SSSR count). The van der Waals surface area contributed by atoms with Crippen molar-refractivity contribution in [3.8, 4) is 11.4 Å². The number of rotatable bonds is 6. The molecule has 0 unspecified atom stereocenters. The normalized spacial score (nSPS) is 11.8. The number of nitrogens with zero attached hydrogens (tertiary/aromatic N) is 2. The van der Waals surface area contributed by atoms with Crippen LogP contribution in [0, 0.1) is 0 Å². The number of ether oxygens (including phenoxy) is 1. The van der Waals surface area contributed by atoms with E-state index in [0.717, 1.165) is 12.1 Å². The van der Waals surface area contributed by atoms with Crippen molar-refractivity contribution in [2.75, 3.05) is 20.3 Å². The number of nitrogens with one attached hydrogen (secondary N) is 1. The topological polar surface area (TPSA) is 60.2 Å². The zero-order valence-corrected chi connectivity index (χ0v) is 11.3. The highest BCUT2D eigenvalue weighted by Crippen LogP contribution is 2.31. The summed E-state index contributed by atoms with van der Waals surface area (Å²) < 4.78 is 47.8. The minimum atomic E-state index is -4.40. The number of methoxy groups -OCH3 is 1. The second kappa shape index (κ2) is 6.68. The summed E-state index contributed by atoms with van der Waals surface area (Å²) in [6, 6.07) is 4.80. The van der Waals surface area contributed by atoms with Crippen molar-refractivity contribution < 1.29 is 22.4 Å². The Bertz CT molecular complexity index is 584. The number of aromatic nitrogens is 2. The van der Waals surface area contributed by atoms with E-state index in [-0.39, 0.29) is 11.4 Å². The lowest BCUT2D eigenvalue weighted by molar-refractivity contribution is -0.137. The molecule has 5 nitrogen and oxygen atoms in total. The number of halogens is 3. The molecule has 0 fully saturated rings. The smallest absolute Gasteiger partial charge is 0.383 e. The van der Waals surface area contributed by atoms with E-state index < -0.39 is 11.7 Å². The summed E-state index contributed by atoms with van der Waals surface area (Å²) in [5.41, 5.74) is -0.485. The first-order valence-corrected chi connectivity index (χ1v) is 6.20. The molecule has 0 atom stereocenters.